The topological polar surface area (TPSA) is 43.1 Å². The number of primary amides is 1. The first-order chi connectivity index (χ1) is 8.74. The zero-order chi connectivity index (χ0) is 13.2. The Labute approximate surface area is 108 Å². The lowest BCUT2D eigenvalue weighted by molar-refractivity contribution is 0.100. The highest BCUT2D eigenvalue weighted by atomic mass is 16.1. The molecule has 2 aromatic rings. The van der Waals surface area contributed by atoms with Crippen LogP contribution in [0.5, 0.6) is 0 Å². The van der Waals surface area contributed by atoms with Gasteiger partial charge in [-0.2, -0.15) is 0 Å². The minimum Gasteiger partial charge on any atom is -0.366 e. The van der Waals surface area contributed by atoms with Crippen LogP contribution in [0.3, 0.4) is 0 Å². The zero-order valence-corrected chi connectivity index (χ0v) is 10.3. The molecular formula is C16H17NO. The first kappa shape index (κ1) is 13.7. The number of benzene rings is 2. The van der Waals surface area contributed by atoms with Crippen molar-refractivity contribution < 1.29 is 4.79 Å². The smallest absolute Gasteiger partial charge is 0.248 e. The molecule has 0 aromatic heterocycles. The van der Waals surface area contributed by atoms with Crippen LogP contribution in [0.25, 0.3) is 0 Å². The largest absolute Gasteiger partial charge is 0.366 e. The Morgan fingerprint density at radius 3 is 1.89 bits per heavy atom. The van der Waals surface area contributed by atoms with Crippen LogP contribution in [0.15, 0.2) is 73.3 Å². The van der Waals surface area contributed by atoms with E-state index in [1.54, 1.807) is 24.3 Å². The summed E-state index contributed by atoms with van der Waals surface area (Å²) in [6.07, 6.45) is 2.89. The lowest BCUT2D eigenvalue weighted by atomic mass is 10.2. The molecule has 92 valence electrons. The third kappa shape index (κ3) is 5.12. The number of allylic oxidation sites excluding steroid dienone is 1. The number of rotatable bonds is 3. The van der Waals surface area contributed by atoms with Gasteiger partial charge in [0.25, 0.3) is 0 Å². The molecule has 2 nitrogen and oxygen atoms in total. The van der Waals surface area contributed by atoms with Gasteiger partial charge >= 0.3 is 0 Å². The van der Waals surface area contributed by atoms with Crippen LogP contribution in [-0.2, 0) is 6.42 Å². The Bertz CT molecular complexity index is 477. The molecule has 0 heterocycles. The van der Waals surface area contributed by atoms with Crippen LogP contribution in [-0.4, -0.2) is 5.91 Å². The molecule has 0 saturated carbocycles. The zero-order valence-electron chi connectivity index (χ0n) is 10.3. The molecular weight excluding hydrogens is 222 g/mol. The Hall–Kier alpha value is -2.35. The molecule has 0 atom stereocenters. The average molecular weight is 239 g/mol. The molecule has 0 aliphatic carbocycles. The SMILES string of the molecule is C=CCc1ccccc1.NC(=O)c1ccccc1. The number of nitrogens with two attached hydrogens (primary N) is 1. The number of carbonyl (C=O) groups excluding carboxylic acids is 1. The minimum atomic E-state index is -0.379. The summed E-state index contributed by atoms with van der Waals surface area (Å²) in [5.41, 5.74) is 6.85. The molecule has 0 fully saturated rings. The highest BCUT2D eigenvalue weighted by molar-refractivity contribution is 5.92. The van der Waals surface area contributed by atoms with Gasteiger partial charge in [0.2, 0.25) is 5.91 Å². The first-order valence-electron chi connectivity index (χ1n) is 5.73. The fraction of sp³-hybridized carbons (Fsp3) is 0.0625. The molecule has 2 heteroatoms. The molecule has 0 radical (unpaired) electrons. The maximum Gasteiger partial charge on any atom is 0.248 e. The second-order valence-corrected chi connectivity index (χ2v) is 3.71. The standard InChI is InChI=1S/C9H10.C7H7NO/c1-2-6-9-7-4-3-5-8-9;8-7(9)6-4-2-1-3-5-6/h2-5,7-8H,1,6H2;1-5H,(H2,8,9). The quantitative estimate of drug-likeness (QED) is 0.821. The summed E-state index contributed by atoms with van der Waals surface area (Å²) in [5.74, 6) is -0.379. The molecule has 0 aliphatic rings. The normalized spacial score (nSPS) is 8.89. The van der Waals surface area contributed by atoms with Gasteiger partial charge in [-0.05, 0) is 24.1 Å². The summed E-state index contributed by atoms with van der Waals surface area (Å²) in [6, 6.07) is 19.1. The third-order valence-electron chi connectivity index (χ3n) is 2.28. The number of carbonyl (C=O) groups is 1. The van der Waals surface area contributed by atoms with Crippen molar-refractivity contribution in [1.82, 2.24) is 0 Å². The van der Waals surface area contributed by atoms with E-state index in [2.05, 4.69) is 18.7 Å². The summed E-state index contributed by atoms with van der Waals surface area (Å²) < 4.78 is 0. The number of hydrogen-bond acceptors (Lipinski definition) is 1. The summed E-state index contributed by atoms with van der Waals surface area (Å²) in [7, 11) is 0. The molecule has 2 N–H and O–H groups in total. The van der Waals surface area contributed by atoms with Gasteiger partial charge in [-0.25, -0.2) is 0 Å². The van der Waals surface area contributed by atoms with Gasteiger partial charge in [-0.1, -0.05) is 54.6 Å². The minimum absolute atomic E-state index is 0.379. The fourth-order valence-corrected chi connectivity index (χ4v) is 1.38. The molecule has 0 saturated heterocycles. The van der Waals surface area contributed by atoms with Crippen molar-refractivity contribution in [3.8, 4) is 0 Å². The first-order valence-corrected chi connectivity index (χ1v) is 5.73. The van der Waals surface area contributed by atoms with Crippen molar-refractivity contribution in [1.29, 1.82) is 0 Å². The van der Waals surface area contributed by atoms with Gasteiger partial charge in [-0.3, -0.25) is 4.79 Å². The molecule has 18 heavy (non-hydrogen) atoms. The summed E-state index contributed by atoms with van der Waals surface area (Å²) >= 11 is 0. The predicted molar refractivity (Wildman–Crippen MR) is 75.3 cm³/mol. The van der Waals surface area contributed by atoms with Crippen molar-refractivity contribution in [2.45, 2.75) is 6.42 Å². The van der Waals surface area contributed by atoms with Gasteiger partial charge in [0, 0.05) is 5.56 Å². The van der Waals surface area contributed by atoms with Crippen LogP contribution in [0.2, 0.25) is 0 Å². The van der Waals surface area contributed by atoms with Gasteiger partial charge in [0.15, 0.2) is 0 Å². The van der Waals surface area contributed by atoms with Gasteiger partial charge < -0.3 is 5.73 Å². The Morgan fingerprint density at radius 1 is 1.00 bits per heavy atom. The molecule has 0 bridgehead atoms. The third-order valence-corrected chi connectivity index (χ3v) is 2.28. The van der Waals surface area contributed by atoms with Crippen molar-refractivity contribution in [2.24, 2.45) is 5.73 Å². The molecule has 2 aromatic carbocycles. The van der Waals surface area contributed by atoms with E-state index < -0.39 is 0 Å². The molecule has 1 amide bonds. The van der Waals surface area contributed by atoms with E-state index in [1.807, 2.05) is 30.3 Å². The Balaban J connectivity index is 0.000000180. The number of hydrogen-bond donors (Lipinski definition) is 1. The number of amides is 1. The van der Waals surface area contributed by atoms with E-state index in [-0.39, 0.29) is 5.91 Å². The molecule has 0 spiro atoms. The second kappa shape index (κ2) is 7.85. The highest BCUT2D eigenvalue weighted by Gasteiger charge is 1.93. The van der Waals surface area contributed by atoms with E-state index in [1.165, 1.54) is 5.56 Å². The second-order valence-electron chi connectivity index (χ2n) is 3.71. The van der Waals surface area contributed by atoms with Crippen molar-refractivity contribution in [3.05, 3.63) is 84.4 Å². The van der Waals surface area contributed by atoms with E-state index in [4.69, 9.17) is 5.73 Å². The van der Waals surface area contributed by atoms with Crippen LogP contribution in [0, 0.1) is 0 Å². The average Bonchev–Trinajstić information content (AvgIpc) is 2.42. The Kier molecular flexibility index (Phi) is 5.98. The van der Waals surface area contributed by atoms with Gasteiger partial charge in [-0.15, -0.1) is 6.58 Å². The van der Waals surface area contributed by atoms with Crippen molar-refractivity contribution in [2.75, 3.05) is 0 Å². The van der Waals surface area contributed by atoms with Crippen LogP contribution >= 0.6 is 0 Å². The lowest BCUT2D eigenvalue weighted by Gasteiger charge is -1.91. The van der Waals surface area contributed by atoms with Crippen LogP contribution in [0.4, 0.5) is 0 Å². The van der Waals surface area contributed by atoms with E-state index in [0.29, 0.717) is 5.56 Å². The van der Waals surface area contributed by atoms with Crippen LogP contribution in [0.1, 0.15) is 15.9 Å². The maximum atomic E-state index is 10.4. The summed E-state index contributed by atoms with van der Waals surface area (Å²) in [6.45, 7) is 3.66. The predicted octanol–water partition coefficient (Wildman–Crippen LogP) is 3.20. The fourth-order valence-electron chi connectivity index (χ4n) is 1.38. The lowest BCUT2D eigenvalue weighted by Crippen LogP contribution is -2.09. The highest BCUT2D eigenvalue weighted by Crippen LogP contribution is 1.98. The molecule has 0 unspecified atom stereocenters. The van der Waals surface area contributed by atoms with Crippen LogP contribution < -0.4 is 5.73 Å². The van der Waals surface area contributed by atoms with E-state index in [0.717, 1.165) is 6.42 Å². The summed E-state index contributed by atoms with van der Waals surface area (Å²) in [4.78, 5) is 10.4. The van der Waals surface area contributed by atoms with Crippen molar-refractivity contribution >= 4 is 5.91 Å². The van der Waals surface area contributed by atoms with Crippen molar-refractivity contribution in [3.63, 3.8) is 0 Å². The van der Waals surface area contributed by atoms with E-state index in [9.17, 15) is 4.79 Å². The molecule has 0 aliphatic heterocycles. The van der Waals surface area contributed by atoms with Gasteiger partial charge in [0.1, 0.15) is 0 Å². The molecule has 2 rings (SSSR count). The maximum absolute atomic E-state index is 10.4. The Morgan fingerprint density at radius 2 is 1.50 bits per heavy atom. The summed E-state index contributed by atoms with van der Waals surface area (Å²) in [5, 5.41) is 0. The monoisotopic (exact) mass is 239 g/mol. The van der Waals surface area contributed by atoms with E-state index >= 15 is 0 Å². The van der Waals surface area contributed by atoms with Gasteiger partial charge in [0.05, 0.1) is 0 Å².